The minimum atomic E-state index is -4.37. The fourth-order valence-corrected chi connectivity index (χ4v) is 5.36. The molecule has 0 saturated heterocycles. The van der Waals surface area contributed by atoms with Crippen molar-refractivity contribution < 1.29 is 18.0 Å². The predicted molar refractivity (Wildman–Crippen MR) is 145 cm³/mol. The number of rotatable bonds is 9. The first-order chi connectivity index (χ1) is 18.2. The van der Waals surface area contributed by atoms with E-state index in [1.54, 1.807) is 9.58 Å². The molecule has 5 nitrogen and oxygen atoms in total. The summed E-state index contributed by atoms with van der Waals surface area (Å²) in [6, 6.07) is 12.8. The molecule has 1 saturated carbocycles. The molecule has 2 aromatic carbocycles. The number of halogens is 3. The van der Waals surface area contributed by atoms with Crippen LogP contribution >= 0.6 is 0 Å². The van der Waals surface area contributed by atoms with Crippen molar-refractivity contribution in [2.24, 2.45) is 5.92 Å². The second-order valence-electron chi connectivity index (χ2n) is 10.2. The molecule has 1 N–H and O–H groups in total. The van der Waals surface area contributed by atoms with E-state index < -0.39 is 11.7 Å². The molecule has 0 spiro atoms. The van der Waals surface area contributed by atoms with Crippen molar-refractivity contribution >= 4 is 11.6 Å². The molecule has 1 fully saturated rings. The highest BCUT2D eigenvalue weighted by Gasteiger charge is 2.31. The average molecular weight is 527 g/mol. The number of amides is 1. The van der Waals surface area contributed by atoms with E-state index >= 15 is 0 Å². The average Bonchev–Trinajstić information content (AvgIpc) is 3.36. The fraction of sp³-hybridized carbons (Fsp3) is 0.467. The van der Waals surface area contributed by atoms with Gasteiger partial charge in [0.05, 0.1) is 23.0 Å². The molecule has 1 heterocycles. The largest absolute Gasteiger partial charge is 0.416 e. The van der Waals surface area contributed by atoms with E-state index in [0.29, 0.717) is 30.1 Å². The molecule has 1 amide bonds. The number of aromatic nitrogens is 2. The van der Waals surface area contributed by atoms with Crippen LogP contribution in [0.3, 0.4) is 0 Å². The maximum absolute atomic E-state index is 13.1. The summed E-state index contributed by atoms with van der Waals surface area (Å²) in [7, 11) is 1.82. The van der Waals surface area contributed by atoms with Gasteiger partial charge in [0.25, 0.3) is 5.91 Å². The van der Waals surface area contributed by atoms with Crippen molar-refractivity contribution in [2.45, 2.75) is 71.0 Å². The van der Waals surface area contributed by atoms with Gasteiger partial charge in [0, 0.05) is 36.6 Å². The lowest BCUT2D eigenvalue weighted by molar-refractivity contribution is -0.137. The van der Waals surface area contributed by atoms with Gasteiger partial charge in [-0.25, -0.2) is 4.68 Å². The van der Waals surface area contributed by atoms with Gasteiger partial charge in [-0.15, -0.1) is 0 Å². The third-order valence-corrected chi connectivity index (χ3v) is 7.43. The van der Waals surface area contributed by atoms with Crippen LogP contribution in [0.5, 0.6) is 0 Å². The van der Waals surface area contributed by atoms with Crippen LogP contribution in [0.1, 0.15) is 85.6 Å². The molecular weight excluding hydrogens is 489 g/mol. The molecule has 1 aliphatic rings. The van der Waals surface area contributed by atoms with E-state index in [1.807, 2.05) is 51.4 Å². The summed E-state index contributed by atoms with van der Waals surface area (Å²) in [4.78, 5) is 14.4. The van der Waals surface area contributed by atoms with Gasteiger partial charge in [-0.2, -0.15) is 18.3 Å². The first kappa shape index (κ1) is 27.7. The molecule has 0 radical (unpaired) electrons. The van der Waals surface area contributed by atoms with Gasteiger partial charge in [0.15, 0.2) is 0 Å². The second kappa shape index (κ2) is 12.0. The summed E-state index contributed by atoms with van der Waals surface area (Å²) >= 11 is 0. The smallest absolute Gasteiger partial charge is 0.378 e. The quantitative estimate of drug-likeness (QED) is 0.311. The van der Waals surface area contributed by atoms with Gasteiger partial charge >= 0.3 is 6.18 Å². The highest BCUT2D eigenvalue weighted by Crippen LogP contribution is 2.38. The lowest BCUT2D eigenvalue weighted by Gasteiger charge is -2.32. The number of alkyl halides is 3. The Hall–Kier alpha value is -3.29. The number of carbonyl (C=O) groups excluding carboxylic acids is 1. The molecular formula is C30H37F3N4O. The molecule has 1 aromatic heterocycles. The van der Waals surface area contributed by atoms with Crippen molar-refractivity contribution in [2.75, 3.05) is 18.9 Å². The number of carbonyl (C=O) groups is 1. The van der Waals surface area contributed by atoms with Crippen molar-refractivity contribution in [1.29, 1.82) is 0 Å². The Balaban J connectivity index is 1.62. The Labute approximate surface area is 223 Å². The first-order valence-electron chi connectivity index (χ1n) is 13.6. The van der Waals surface area contributed by atoms with Crippen LogP contribution in [0.4, 0.5) is 18.9 Å². The molecule has 0 aliphatic heterocycles. The molecule has 4 rings (SSSR count). The van der Waals surface area contributed by atoms with Gasteiger partial charge in [-0.05, 0) is 80.1 Å². The van der Waals surface area contributed by atoms with Crippen molar-refractivity contribution in [3.05, 3.63) is 77.1 Å². The van der Waals surface area contributed by atoms with Crippen LogP contribution in [-0.4, -0.2) is 34.2 Å². The summed E-state index contributed by atoms with van der Waals surface area (Å²) in [6.45, 7) is 4.81. The predicted octanol–water partition coefficient (Wildman–Crippen LogP) is 7.67. The van der Waals surface area contributed by atoms with E-state index in [1.165, 1.54) is 31.4 Å². The maximum atomic E-state index is 13.1. The summed E-state index contributed by atoms with van der Waals surface area (Å²) in [6.07, 6.45) is 5.00. The van der Waals surface area contributed by atoms with E-state index in [0.717, 1.165) is 48.3 Å². The molecule has 3 aromatic rings. The Morgan fingerprint density at radius 1 is 1.05 bits per heavy atom. The van der Waals surface area contributed by atoms with E-state index in [4.69, 9.17) is 5.10 Å². The number of hydrogen-bond donors (Lipinski definition) is 1. The summed E-state index contributed by atoms with van der Waals surface area (Å²) in [5, 5.41) is 8.49. The Morgan fingerprint density at radius 2 is 1.71 bits per heavy atom. The molecule has 1 atom stereocenters. The van der Waals surface area contributed by atoms with E-state index in [2.05, 4.69) is 5.32 Å². The van der Waals surface area contributed by atoms with E-state index in [-0.39, 0.29) is 11.9 Å². The number of aryl methyl sites for hydroxylation is 1. The van der Waals surface area contributed by atoms with Crippen LogP contribution in [0.2, 0.25) is 0 Å². The van der Waals surface area contributed by atoms with Crippen molar-refractivity contribution in [3.8, 4) is 5.69 Å². The van der Waals surface area contributed by atoms with Gasteiger partial charge in [-0.3, -0.25) is 4.79 Å². The standard InChI is InChI=1S/C30H37F3N4O/c1-4-19-36(3)29(38)22-11-15-24(16-12-22)34-28(21-9-7-6-8-10-21)26-20-37(35-27(26)5-2)25-17-13-23(14-18-25)30(31,32)33/h11-18,20-21,28,34H,4-10,19H2,1-3H3. The van der Waals surface area contributed by atoms with Gasteiger partial charge in [0.1, 0.15) is 0 Å². The normalized spacial score (nSPS) is 15.3. The van der Waals surface area contributed by atoms with Crippen LogP contribution in [-0.2, 0) is 12.6 Å². The monoisotopic (exact) mass is 526 g/mol. The summed E-state index contributed by atoms with van der Waals surface area (Å²) in [5.41, 5.74) is 3.52. The first-order valence-corrected chi connectivity index (χ1v) is 13.6. The van der Waals surface area contributed by atoms with Crippen molar-refractivity contribution in [3.63, 3.8) is 0 Å². The highest BCUT2D eigenvalue weighted by atomic mass is 19.4. The van der Waals surface area contributed by atoms with Gasteiger partial charge in [0.2, 0.25) is 0 Å². The van der Waals surface area contributed by atoms with E-state index in [9.17, 15) is 18.0 Å². The molecule has 8 heteroatoms. The zero-order chi connectivity index (χ0) is 27.3. The zero-order valence-electron chi connectivity index (χ0n) is 22.4. The highest BCUT2D eigenvalue weighted by molar-refractivity contribution is 5.94. The minimum Gasteiger partial charge on any atom is -0.378 e. The van der Waals surface area contributed by atoms with Gasteiger partial charge in [-0.1, -0.05) is 33.1 Å². The Morgan fingerprint density at radius 3 is 2.29 bits per heavy atom. The fourth-order valence-electron chi connectivity index (χ4n) is 5.36. The number of benzene rings is 2. The number of nitrogens with zero attached hydrogens (tertiary/aromatic N) is 3. The molecule has 204 valence electrons. The molecule has 38 heavy (non-hydrogen) atoms. The third kappa shape index (κ3) is 6.40. The Bertz CT molecular complexity index is 1200. The van der Waals surface area contributed by atoms with Crippen LogP contribution in [0, 0.1) is 5.92 Å². The van der Waals surface area contributed by atoms with Crippen molar-refractivity contribution in [1.82, 2.24) is 14.7 Å². The maximum Gasteiger partial charge on any atom is 0.416 e. The van der Waals surface area contributed by atoms with Crippen LogP contribution < -0.4 is 5.32 Å². The topological polar surface area (TPSA) is 50.2 Å². The zero-order valence-corrected chi connectivity index (χ0v) is 22.4. The summed E-state index contributed by atoms with van der Waals surface area (Å²) < 4.78 is 40.9. The van der Waals surface area contributed by atoms with Gasteiger partial charge < -0.3 is 10.2 Å². The summed E-state index contributed by atoms with van der Waals surface area (Å²) in [5.74, 6) is 0.421. The number of hydrogen-bond acceptors (Lipinski definition) is 3. The SMILES string of the molecule is CCCN(C)C(=O)c1ccc(NC(c2cn(-c3ccc(C(F)(F)F)cc3)nc2CC)C2CCCCC2)cc1. The lowest BCUT2D eigenvalue weighted by atomic mass is 9.81. The minimum absolute atomic E-state index is 0.00770. The lowest BCUT2D eigenvalue weighted by Crippen LogP contribution is -2.27. The van der Waals surface area contributed by atoms with Crippen LogP contribution in [0.25, 0.3) is 5.69 Å². The Kier molecular flexibility index (Phi) is 8.80. The third-order valence-electron chi connectivity index (χ3n) is 7.43. The molecule has 1 aliphatic carbocycles. The number of anilines is 1. The molecule has 1 unspecified atom stereocenters. The molecule has 0 bridgehead atoms. The second-order valence-corrected chi connectivity index (χ2v) is 10.2. The van der Waals surface area contributed by atoms with Crippen LogP contribution in [0.15, 0.2) is 54.7 Å². The number of nitrogens with one attached hydrogen (secondary N) is 1.